The van der Waals surface area contributed by atoms with Gasteiger partial charge in [0.15, 0.2) is 5.82 Å². The van der Waals surface area contributed by atoms with E-state index in [4.69, 9.17) is 10.8 Å². The number of rotatable bonds is 5. The topological polar surface area (TPSA) is 94.0 Å². The van der Waals surface area contributed by atoms with Gasteiger partial charge in [-0.2, -0.15) is 5.10 Å². The molecular formula is C16H22N4O2. The van der Waals surface area contributed by atoms with Crippen molar-refractivity contribution < 1.29 is 9.90 Å². The summed E-state index contributed by atoms with van der Waals surface area (Å²) in [6, 6.07) is 8.84. The van der Waals surface area contributed by atoms with Crippen molar-refractivity contribution in [1.82, 2.24) is 14.8 Å². The molecule has 0 spiro atoms. The Morgan fingerprint density at radius 2 is 1.95 bits per heavy atom. The summed E-state index contributed by atoms with van der Waals surface area (Å²) in [5.74, 6) is 0.405. The van der Waals surface area contributed by atoms with Gasteiger partial charge in [0.1, 0.15) is 11.9 Å². The predicted octanol–water partition coefficient (Wildman–Crippen LogP) is 2.04. The highest BCUT2D eigenvalue weighted by molar-refractivity contribution is 5.73. The lowest BCUT2D eigenvalue weighted by molar-refractivity contribution is -0.138. The van der Waals surface area contributed by atoms with Crippen molar-refractivity contribution in [3.63, 3.8) is 0 Å². The number of nitrogens with two attached hydrogens (primary N) is 1. The number of nitrogens with zero attached hydrogens (tertiary/aromatic N) is 3. The molecule has 2 aromatic rings. The Bertz CT molecular complexity index is 644. The van der Waals surface area contributed by atoms with Crippen LogP contribution in [0.25, 0.3) is 11.4 Å². The quantitative estimate of drug-likeness (QED) is 0.881. The van der Waals surface area contributed by atoms with Crippen LogP contribution in [0.4, 0.5) is 0 Å². The zero-order valence-corrected chi connectivity index (χ0v) is 13.2. The first-order valence-electron chi connectivity index (χ1n) is 7.29. The van der Waals surface area contributed by atoms with E-state index in [-0.39, 0.29) is 5.54 Å². The molecule has 0 unspecified atom stereocenters. The van der Waals surface area contributed by atoms with Crippen LogP contribution in [0.5, 0.6) is 0 Å². The molecule has 6 heteroatoms. The molecule has 0 aliphatic rings. The van der Waals surface area contributed by atoms with Gasteiger partial charge >= 0.3 is 5.97 Å². The molecule has 0 radical (unpaired) electrons. The van der Waals surface area contributed by atoms with Crippen LogP contribution in [0.15, 0.2) is 30.3 Å². The molecule has 0 saturated carbocycles. The third-order valence-electron chi connectivity index (χ3n) is 3.34. The fraction of sp³-hybridized carbons (Fsp3) is 0.438. The molecule has 118 valence electrons. The van der Waals surface area contributed by atoms with Gasteiger partial charge in [0.25, 0.3) is 0 Å². The van der Waals surface area contributed by atoms with Crippen LogP contribution in [-0.4, -0.2) is 31.9 Å². The maximum atomic E-state index is 10.9. The summed E-state index contributed by atoms with van der Waals surface area (Å²) < 4.78 is 1.85. The second-order valence-electron chi connectivity index (χ2n) is 6.28. The smallest absolute Gasteiger partial charge is 0.320 e. The summed E-state index contributed by atoms with van der Waals surface area (Å²) in [6.45, 7) is 6.12. The van der Waals surface area contributed by atoms with E-state index in [1.165, 1.54) is 0 Å². The molecule has 0 saturated heterocycles. The van der Waals surface area contributed by atoms with Gasteiger partial charge in [-0.1, -0.05) is 30.3 Å². The van der Waals surface area contributed by atoms with Gasteiger partial charge in [0.05, 0.1) is 5.54 Å². The van der Waals surface area contributed by atoms with Crippen LogP contribution in [0, 0.1) is 0 Å². The van der Waals surface area contributed by atoms with Crippen LogP contribution in [-0.2, 0) is 16.8 Å². The molecule has 0 bridgehead atoms. The van der Waals surface area contributed by atoms with E-state index in [1.807, 2.05) is 55.8 Å². The van der Waals surface area contributed by atoms with Crippen molar-refractivity contribution >= 4 is 5.97 Å². The fourth-order valence-corrected chi connectivity index (χ4v) is 2.16. The zero-order valence-electron chi connectivity index (χ0n) is 13.2. The number of benzene rings is 1. The van der Waals surface area contributed by atoms with E-state index < -0.39 is 12.0 Å². The third kappa shape index (κ3) is 3.71. The van der Waals surface area contributed by atoms with Gasteiger partial charge in [-0.05, 0) is 27.2 Å². The Morgan fingerprint density at radius 1 is 1.32 bits per heavy atom. The van der Waals surface area contributed by atoms with Crippen LogP contribution >= 0.6 is 0 Å². The van der Waals surface area contributed by atoms with Gasteiger partial charge in [-0.25, -0.2) is 9.67 Å². The second-order valence-corrected chi connectivity index (χ2v) is 6.28. The maximum absolute atomic E-state index is 10.9. The van der Waals surface area contributed by atoms with Crippen LogP contribution in [0.1, 0.15) is 33.0 Å². The number of aromatic nitrogens is 3. The largest absolute Gasteiger partial charge is 0.480 e. The molecule has 1 aromatic carbocycles. The molecule has 0 fully saturated rings. The van der Waals surface area contributed by atoms with E-state index in [0.717, 1.165) is 11.4 Å². The molecule has 0 aliphatic heterocycles. The molecule has 1 heterocycles. The average Bonchev–Trinajstić information content (AvgIpc) is 2.90. The van der Waals surface area contributed by atoms with Crippen molar-refractivity contribution in [2.75, 3.05) is 0 Å². The maximum Gasteiger partial charge on any atom is 0.320 e. The molecule has 1 atom stereocenters. The van der Waals surface area contributed by atoms with Crippen molar-refractivity contribution in [3.8, 4) is 11.4 Å². The lowest BCUT2D eigenvalue weighted by atomic mass is 10.1. The Labute approximate surface area is 130 Å². The van der Waals surface area contributed by atoms with E-state index >= 15 is 0 Å². The fourth-order valence-electron chi connectivity index (χ4n) is 2.16. The number of carboxylic acids is 1. The highest BCUT2D eigenvalue weighted by atomic mass is 16.4. The van der Waals surface area contributed by atoms with Crippen molar-refractivity contribution in [3.05, 3.63) is 36.2 Å². The van der Waals surface area contributed by atoms with Crippen molar-refractivity contribution in [2.24, 2.45) is 5.73 Å². The highest BCUT2D eigenvalue weighted by Crippen LogP contribution is 2.21. The summed E-state index contributed by atoms with van der Waals surface area (Å²) in [4.78, 5) is 15.4. The summed E-state index contributed by atoms with van der Waals surface area (Å²) in [7, 11) is 0. The van der Waals surface area contributed by atoms with Gasteiger partial charge in [-0.15, -0.1) is 0 Å². The third-order valence-corrected chi connectivity index (χ3v) is 3.34. The Morgan fingerprint density at radius 3 is 2.50 bits per heavy atom. The summed E-state index contributed by atoms with van der Waals surface area (Å²) in [6.07, 6.45) is 0.808. The Hall–Kier alpha value is -2.21. The first kappa shape index (κ1) is 16.2. The Balaban J connectivity index is 2.31. The minimum atomic E-state index is -0.995. The molecule has 0 amide bonds. The van der Waals surface area contributed by atoms with Gasteiger partial charge in [0.2, 0.25) is 0 Å². The highest BCUT2D eigenvalue weighted by Gasteiger charge is 2.22. The second kappa shape index (κ2) is 6.27. The predicted molar refractivity (Wildman–Crippen MR) is 84.4 cm³/mol. The molecule has 0 aliphatic carbocycles. The van der Waals surface area contributed by atoms with E-state index in [9.17, 15) is 4.79 Å². The molecule has 1 aromatic heterocycles. The summed E-state index contributed by atoms with van der Waals surface area (Å²) in [5, 5.41) is 13.5. The van der Waals surface area contributed by atoms with Crippen LogP contribution < -0.4 is 5.73 Å². The molecule has 6 nitrogen and oxygen atoms in total. The Kier molecular flexibility index (Phi) is 4.61. The molecule has 22 heavy (non-hydrogen) atoms. The van der Waals surface area contributed by atoms with Crippen molar-refractivity contribution in [2.45, 2.75) is 45.2 Å². The van der Waals surface area contributed by atoms with Gasteiger partial charge in [-0.3, -0.25) is 4.79 Å². The van der Waals surface area contributed by atoms with Gasteiger partial charge < -0.3 is 10.8 Å². The summed E-state index contributed by atoms with van der Waals surface area (Å²) in [5.41, 5.74) is 6.29. The lowest BCUT2D eigenvalue weighted by Gasteiger charge is -2.21. The number of carbonyl (C=O) groups is 1. The molecule has 2 rings (SSSR count). The minimum absolute atomic E-state index is 0.233. The number of hydrogen-bond acceptors (Lipinski definition) is 4. The van der Waals surface area contributed by atoms with Gasteiger partial charge in [0, 0.05) is 12.0 Å². The normalized spacial score (nSPS) is 13.1. The lowest BCUT2D eigenvalue weighted by Crippen LogP contribution is -2.32. The SMILES string of the molecule is CC(C)(C)n1nc(-c2ccccc2)nc1CC[C@H](N)C(=O)O. The van der Waals surface area contributed by atoms with Crippen LogP contribution in [0.2, 0.25) is 0 Å². The van der Waals surface area contributed by atoms with E-state index in [2.05, 4.69) is 10.1 Å². The van der Waals surface area contributed by atoms with E-state index in [0.29, 0.717) is 18.7 Å². The summed E-state index contributed by atoms with van der Waals surface area (Å²) >= 11 is 0. The first-order chi connectivity index (χ1) is 10.3. The number of carboxylic acid groups (broad SMARTS) is 1. The van der Waals surface area contributed by atoms with Crippen LogP contribution in [0.3, 0.4) is 0 Å². The number of aliphatic carboxylic acids is 1. The molecule has 3 N–H and O–H groups in total. The molecular weight excluding hydrogens is 280 g/mol. The van der Waals surface area contributed by atoms with E-state index in [1.54, 1.807) is 0 Å². The average molecular weight is 302 g/mol. The van der Waals surface area contributed by atoms with Crippen molar-refractivity contribution in [1.29, 1.82) is 0 Å². The monoisotopic (exact) mass is 302 g/mol. The standard InChI is InChI=1S/C16H22N4O2/c1-16(2,3)20-13(10-9-12(17)15(21)22)18-14(19-20)11-7-5-4-6-8-11/h4-8,12H,9-10,17H2,1-3H3,(H,21,22)/t12-/m0/s1. The minimum Gasteiger partial charge on any atom is -0.480 e. The number of aryl methyl sites for hydroxylation is 1. The number of hydrogen-bond donors (Lipinski definition) is 2. The first-order valence-corrected chi connectivity index (χ1v) is 7.29. The zero-order chi connectivity index (χ0) is 16.3.